The van der Waals surface area contributed by atoms with Crippen molar-refractivity contribution in [2.24, 2.45) is 7.05 Å². The van der Waals surface area contributed by atoms with Gasteiger partial charge in [0.15, 0.2) is 10.8 Å². The molecule has 0 aliphatic carbocycles. The summed E-state index contributed by atoms with van der Waals surface area (Å²) in [5.74, 6) is 1.84. The molecular weight excluding hydrogens is 270 g/mol. The van der Waals surface area contributed by atoms with Gasteiger partial charge in [-0.2, -0.15) is 11.8 Å². The number of aromatic nitrogens is 4. The van der Waals surface area contributed by atoms with Gasteiger partial charge in [0.2, 0.25) is 0 Å². The Hall–Kier alpha value is -1.41. The standard InChI is InChI=1S/C10H11N5OS2/c1-15-4-7(13-14-15)9(16)12-10-11-6-2-3-17-5-8(6)18-10/h4H,2-3,5H2,1H3,(H,11,12,16). The van der Waals surface area contributed by atoms with Crippen molar-refractivity contribution >= 4 is 34.1 Å². The summed E-state index contributed by atoms with van der Waals surface area (Å²) in [7, 11) is 1.73. The number of aryl methyl sites for hydroxylation is 2. The van der Waals surface area contributed by atoms with Crippen molar-refractivity contribution in [3.05, 3.63) is 22.5 Å². The normalized spacial score (nSPS) is 14.3. The van der Waals surface area contributed by atoms with Gasteiger partial charge in [-0.15, -0.1) is 16.4 Å². The lowest BCUT2D eigenvalue weighted by Gasteiger charge is -2.06. The number of hydrogen-bond donors (Lipinski definition) is 1. The summed E-state index contributed by atoms with van der Waals surface area (Å²) in [4.78, 5) is 17.6. The number of nitrogens with one attached hydrogen (secondary N) is 1. The first-order chi connectivity index (χ1) is 8.72. The van der Waals surface area contributed by atoms with Crippen LogP contribution in [-0.2, 0) is 19.2 Å². The quantitative estimate of drug-likeness (QED) is 0.898. The first-order valence-corrected chi connectivity index (χ1v) is 7.43. The van der Waals surface area contributed by atoms with Crippen molar-refractivity contribution in [3.8, 4) is 0 Å². The van der Waals surface area contributed by atoms with Crippen LogP contribution < -0.4 is 5.32 Å². The van der Waals surface area contributed by atoms with E-state index in [1.54, 1.807) is 24.6 Å². The van der Waals surface area contributed by atoms with Gasteiger partial charge in [0, 0.05) is 17.7 Å². The van der Waals surface area contributed by atoms with Gasteiger partial charge >= 0.3 is 0 Å². The predicted molar refractivity (Wildman–Crippen MR) is 70.9 cm³/mol. The Morgan fingerprint density at radius 3 is 3.17 bits per heavy atom. The van der Waals surface area contributed by atoms with E-state index in [1.165, 1.54) is 9.56 Å². The van der Waals surface area contributed by atoms with Gasteiger partial charge < -0.3 is 0 Å². The van der Waals surface area contributed by atoms with Gasteiger partial charge in [0.05, 0.1) is 11.9 Å². The SMILES string of the molecule is Cn1cc(C(=O)Nc2nc3c(s2)CSCC3)nn1. The molecule has 0 atom stereocenters. The zero-order valence-corrected chi connectivity index (χ0v) is 11.3. The maximum Gasteiger partial charge on any atom is 0.279 e. The van der Waals surface area contributed by atoms with Crippen LogP contribution in [0.15, 0.2) is 6.20 Å². The number of nitrogens with zero attached hydrogens (tertiary/aromatic N) is 4. The first kappa shape index (κ1) is 11.7. The van der Waals surface area contributed by atoms with E-state index in [4.69, 9.17) is 0 Å². The number of thioether (sulfide) groups is 1. The third kappa shape index (κ3) is 2.25. The van der Waals surface area contributed by atoms with Gasteiger partial charge in [-0.1, -0.05) is 5.21 Å². The highest BCUT2D eigenvalue weighted by Crippen LogP contribution is 2.31. The molecule has 0 saturated heterocycles. The van der Waals surface area contributed by atoms with Crippen molar-refractivity contribution in [1.82, 2.24) is 20.0 Å². The van der Waals surface area contributed by atoms with E-state index in [-0.39, 0.29) is 5.91 Å². The fourth-order valence-corrected chi connectivity index (χ4v) is 3.81. The number of thiazole rings is 1. The molecule has 1 aliphatic heterocycles. The number of hydrogen-bond acceptors (Lipinski definition) is 6. The molecule has 0 fully saturated rings. The average Bonchev–Trinajstić information content (AvgIpc) is 2.94. The molecule has 2 aromatic heterocycles. The summed E-state index contributed by atoms with van der Waals surface area (Å²) in [5.41, 5.74) is 1.42. The maximum absolute atomic E-state index is 11.9. The third-order valence-electron chi connectivity index (χ3n) is 2.55. The second-order valence-corrected chi connectivity index (χ2v) is 6.11. The molecule has 2 aromatic rings. The number of carbonyl (C=O) groups is 1. The Kier molecular flexibility index (Phi) is 3.04. The molecule has 18 heavy (non-hydrogen) atoms. The highest BCUT2D eigenvalue weighted by molar-refractivity contribution is 7.98. The van der Waals surface area contributed by atoms with Crippen LogP contribution in [0, 0.1) is 0 Å². The number of anilines is 1. The van der Waals surface area contributed by atoms with E-state index in [9.17, 15) is 4.79 Å². The smallest absolute Gasteiger partial charge is 0.279 e. The van der Waals surface area contributed by atoms with Crippen LogP contribution in [0.1, 0.15) is 21.1 Å². The number of fused-ring (bicyclic) bond motifs is 1. The van der Waals surface area contributed by atoms with Gasteiger partial charge in [0.1, 0.15) is 0 Å². The Labute approximate surface area is 112 Å². The molecule has 1 N–H and O–H groups in total. The van der Waals surface area contributed by atoms with Crippen molar-refractivity contribution in [2.75, 3.05) is 11.1 Å². The number of carbonyl (C=O) groups excluding carboxylic acids is 1. The summed E-state index contributed by atoms with van der Waals surface area (Å²) in [5, 5.41) is 10.9. The van der Waals surface area contributed by atoms with Gasteiger partial charge in [-0.3, -0.25) is 14.8 Å². The Morgan fingerprint density at radius 1 is 1.56 bits per heavy atom. The highest BCUT2D eigenvalue weighted by Gasteiger charge is 2.18. The zero-order chi connectivity index (χ0) is 12.5. The van der Waals surface area contributed by atoms with E-state index in [2.05, 4.69) is 20.6 Å². The molecule has 8 heteroatoms. The lowest BCUT2D eigenvalue weighted by molar-refractivity contribution is 0.102. The summed E-state index contributed by atoms with van der Waals surface area (Å²) in [6, 6.07) is 0. The van der Waals surface area contributed by atoms with E-state index in [0.717, 1.165) is 23.6 Å². The molecule has 1 amide bonds. The lowest BCUT2D eigenvalue weighted by Crippen LogP contribution is -2.12. The summed E-state index contributed by atoms with van der Waals surface area (Å²) < 4.78 is 1.50. The third-order valence-corrected chi connectivity index (χ3v) is 4.73. The number of rotatable bonds is 2. The minimum absolute atomic E-state index is 0.262. The molecule has 3 heterocycles. The summed E-state index contributed by atoms with van der Waals surface area (Å²) >= 11 is 3.45. The monoisotopic (exact) mass is 281 g/mol. The van der Waals surface area contributed by atoms with Crippen LogP contribution in [0.25, 0.3) is 0 Å². The molecule has 1 aliphatic rings. The van der Waals surface area contributed by atoms with Gasteiger partial charge in [-0.25, -0.2) is 4.98 Å². The largest absolute Gasteiger partial charge is 0.296 e. The van der Waals surface area contributed by atoms with E-state index in [1.807, 2.05) is 11.8 Å². The fraction of sp³-hybridized carbons (Fsp3) is 0.400. The number of amides is 1. The van der Waals surface area contributed by atoms with Crippen molar-refractivity contribution in [2.45, 2.75) is 12.2 Å². The predicted octanol–water partition coefficient (Wildman–Crippen LogP) is 1.31. The van der Waals surface area contributed by atoms with Gasteiger partial charge in [-0.05, 0) is 12.2 Å². The minimum Gasteiger partial charge on any atom is -0.296 e. The van der Waals surface area contributed by atoms with Crippen LogP contribution in [0.3, 0.4) is 0 Å². The van der Waals surface area contributed by atoms with Crippen molar-refractivity contribution in [3.63, 3.8) is 0 Å². The van der Waals surface area contributed by atoms with Crippen molar-refractivity contribution in [1.29, 1.82) is 0 Å². The maximum atomic E-state index is 11.9. The van der Waals surface area contributed by atoms with E-state index in [0.29, 0.717) is 10.8 Å². The molecule has 0 bridgehead atoms. The molecular formula is C10H11N5OS2. The molecule has 0 saturated carbocycles. The van der Waals surface area contributed by atoms with E-state index >= 15 is 0 Å². The molecule has 6 nitrogen and oxygen atoms in total. The zero-order valence-electron chi connectivity index (χ0n) is 9.71. The second-order valence-electron chi connectivity index (χ2n) is 3.92. The summed E-state index contributed by atoms with van der Waals surface area (Å²) in [6.45, 7) is 0. The van der Waals surface area contributed by atoms with Crippen LogP contribution in [0.4, 0.5) is 5.13 Å². The van der Waals surface area contributed by atoms with Crippen LogP contribution in [-0.4, -0.2) is 31.6 Å². The van der Waals surface area contributed by atoms with Crippen LogP contribution in [0.2, 0.25) is 0 Å². The molecule has 0 unspecified atom stereocenters. The molecule has 0 spiro atoms. The van der Waals surface area contributed by atoms with Crippen molar-refractivity contribution < 1.29 is 4.79 Å². The second kappa shape index (κ2) is 4.69. The van der Waals surface area contributed by atoms with E-state index < -0.39 is 0 Å². The average molecular weight is 281 g/mol. The Morgan fingerprint density at radius 2 is 2.44 bits per heavy atom. The first-order valence-electron chi connectivity index (χ1n) is 5.46. The molecule has 0 radical (unpaired) electrons. The lowest BCUT2D eigenvalue weighted by atomic mass is 10.3. The molecule has 94 valence electrons. The topological polar surface area (TPSA) is 72.7 Å². The Bertz CT molecular complexity index is 567. The Balaban J connectivity index is 1.76. The van der Waals surface area contributed by atoms with Crippen LogP contribution in [0.5, 0.6) is 0 Å². The molecule has 3 rings (SSSR count). The van der Waals surface area contributed by atoms with Gasteiger partial charge in [0.25, 0.3) is 5.91 Å². The minimum atomic E-state index is -0.262. The summed E-state index contributed by atoms with van der Waals surface area (Å²) in [6.07, 6.45) is 2.57. The molecule has 0 aromatic carbocycles. The van der Waals surface area contributed by atoms with Crippen LogP contribution >= 0.6 is 23.1 Å². The highest BCUT2D eigenvalue weighted by atomic mass is 32.2. The fourth-order valence-electron chi connectivity index (χ4n) is 1.69.